The van der Waals surface area contributed by atoms with E-state index in [4.69, 9.17) is 9.47 Å². The zero-order valence-electron chi connectivity index (χ0n) is 11.6. The Hall–Kier alpha value is -1.39. The van der Waals surface area contributed by atoms with Crippen molar-refractivity contribution in [2.24, 2.45) is 0 Å². The van der Waals surface area contributed by atoms with E-state index in [1.165, 1.54) is 7.11 Å². The van der Waals surface area contributed by atoms with Crippen molar-refractivity contribution in [3.63, 3.8) is 0 Å². The van der Waals surface area contributed by atoms with Gasteiger partial charge in [0.05, 0.1) is 25.9 Å². The largest absolute Gasteiger partial charge is 0.465 e. The van der Waals surface area contributed by atoms with Crippen LogP contribution < -0.4 is 0 Å². The van der Waals surface area contributed by atoms with Gasteiger partial charge in [-0.1, -0.05) is 25.1 Å². The second kappa shape index (κ2) is 6.68. The smallest absolute Gasteiger partial charge is 0.338 e. The fourth-order valence-corrected chi connectivity index (χ4v) is 2.46. The molecule has 0 amide bonds. The monoisotopic (exact) mass is 263 g/mol. The van der Waals surface area contributed by atoms with Crippen molar-refractivity contribution < 1.29 is 14.3 Å². The van der Waals surface area contributed by atoms with Crippen molar-refractivity contribution in [1.82, 2.24) is 4.90 Å². The fourth-order valence-electron chi connectivity index (χ4n) is 2.46. The minimum atomic E-state index is -0.267. The van der Waals surface area contributed by atoms with Crippen LogP contribution in [0, 0.1) is 0 Å². The predicted octanol–water partition coefficient (Wildman–Crippen LogP) is 2.08. The summed E-state index contributed by atoms with van der Waals surface area (Å²) in [5, 5.41) is 0. The van der Waals surface area contributed by atoms with Gasteiger partial charge in [0.2, 0.25) is 0 Å². The first-order chi connectivity index (χ1) is 9.26. The highest BCUT2D eigenvalue weighted by Gasteiger charge is 2.23. The maximum Gasteiger partial charge on any atom is 0.338 e. The number of morpholine rings is 1. The van der Waals surface area contributed by atoms with E-state index in [9.17, 15) is 4.79 Å². The van der Waals surface area contributed by atoms with Crippen LogP contribution in [0.15, 0.2) is 24.3 Å². The lowest BCUT2D eigenvalue weighted by atomic mass is 10.1. The van der Waals surface area contributed by atoms with Crippen LogP contribution in [-0.4, -0.2) is 43.8 Å². The summed E-state index contributed by atoms with van der Waals surface area (Å²) in [6.45, 7) is 5.38. The number of hydrogen-bond donors (Lipinski definition) is 0. The third kappa shape index (κ3) is 3.33. The van der Waals surface area contributed by atoms with Crippen LogP contribution in [0.1, 0.15) is 29.3 Å². The lowest BCUT2D eigenvalue weighted by molar-refractivity contribution is -0.0128. The molecule has 1 fully saturated rings. The van der Waals surface area contributed by atoms with Crippen LogP contribution in [-0.2, 0) is 16.0 Å². The molecule has 1 unspecified atom stereocenters. The molecule has 0 aromatic heterocycles. The highest BCUT2D eigenvalue weighted by molar-refractivity contribution is 5.90. The number of rotatable bonds is 4. The second-order valence-corrected chi connectivity index (χ2v) is 4.76. The summed E-state index contributed by atoms with van der Waals surface area (Å²) < 4.78 is 10.3. The second-order valence-electron chi connectivity index (χ2n) is 4.76. The molecular weight excluding hydrogens is 242 g/mol. The molecule has 0 aliphatic carbocycles. The quantitative estimate of drug-likeness (QED) is 0.780. The minimum absolute atomic E-state index is 0.267. The molecule has 0 radical (unpaired) electrons. The number of methoxy groups -OCH3 is 1. The van der Waals surface area contributed by atoms with Crippen LogP contribution in [0.3, 0.4) is 0 Å². The van der Waals surface area contributed by atoms with E-state index in [0.29, 0.717) is 11.6 Å². The molecule has 0 saturated carbocycles. The third-order valence-electron chi connectivity index (χ3n) is 3.62. The Kier molecular flexibility index (Phi) is 4.93. The Balaban J connectivity index is 2.15. The van der Waals surface area contributed by atoms with Gasteiger partial charge in [-0.3, -0.25) is 4.90 Å². The van der Waals surface area contributed by atoms with Gasteiger partial charge < -0.3 is 9.47 Å². The molecule has 19 heavy (non-hydrogen) atoms. The average Bonchev–Trinajstić information content (AvgIpc) is 2.47. The van der Waals surface area contributed by atoms with Crippen molar-refractivity contribution in [1.29, 1.82) is 0 Å². The molecule has 1 aliphatic heterocycles. The molecule has 4 heteroatoms. The van der Waals surface area contributed by atoms with E-state index in [-0.39, 0.29) is 5.97 Å². The molecule has 1 atom stereocenters. The van der Waals surface area contributed by atoms with E-state index in [1.807, 2.05) is 24.3 Å². The third-order valence-corrected chi connectivity index (χ3v) is 3.62. The van der Waals surface area contributed by atoms with Crippen molar-refractivity contribution >= 4 is 5.97 Å². The zero-order valence-corrected chi connectivity index (χ0v) is 11.6. The van der Waals surface area contributed by atoms with Crippen LogP contribution in [0.5, 0.6) is 0 Å². The summed E-state index contributed by atoms with van der Waals surface area (Å²) in [6.07, 6.45) is 1.06. The standard InChI is InChI=1S/C15H21NO3/c1-3-13-11-19-9-8-16(13)10-12-6-4-5-7-14(12)15(17)18-2/h4-7,13H,3,8-11H2,1-2H3. The van der Waals surface area contributed by atoms with E-state index >= 15 is 0 Å². The van der Waals surface area contributed by atoms with Gasteiger partial charge in [0.15, 0.2) is 0 Å². The van der Waals surface area contributed by atoms with Gasteiger partial charge in [-0.25, -0.2) is 4.79 Å². The zero-order chi connectivity index (χ0) is 13.7. The number of carbonyl (C=O) groups excluding carboxylic acids is 1. The first kappa shape index (κ1) is 14.0. The van der Waals surface area contributed by atoms with Crippen molar-refractivity contribution in [3.8, 4) is 0 Å². The predicted molar refractivity (Wildman–Crippen MR) is 73.1 cm³/mol. The topological polar surface area (TPSA) is 38.8 Å². The van der Waals surface area contributed by atoms with Crippen LogP contribution in [0.4, 0.5) is 0 Å². The number of benzene rings is 1. The van der Waals surface area contributed by atoms with Gasteiger partial charge in [-0.05, 0) is 18.1 Å². The fraction of sp³-hybridized carbons (Fsp3) is 0.533. The minimum Gasteiger partial charge on any atom is -0.465 e. The Morgan fingerprint density at radius 3 is 3.00 bits per heavy atom. The van der Waals surface area contributed by atoms with Crippen molar-refractivity contribution in [2.75, 3.05) is 26.9 Å². The lowest BCUT2D eigenvalue weighted by Crippen LogP contribution is -2.44. The molecule has 0 bridgehead atoms. The highest BCUT2D eigenvalue weighted by atomic mass is 16.5. The van der Waals surface area contributed by atoms with Crippen LogP contribution >= 0.6 is 0 Å². The van der Waals surface area contributed by atoms with Gasteiger partial charge in [0, 0.05) is 19.1 Å². The van der Waals surface area contributed by atoms with Gasteiger partial charge in [-0.2, -0.15) is 0 Å². The van der Waals surface area contributed by atoms with Crippen molar-refractivity contribution in [3.05, 3.63) is 35.4 Å². The molecule has 4 nitrogen and oxygen atoms in total. The summed E-state index contributed by atoms with van der Waals surface area (Å²) in [7, 11) is 1.42. The molecule has 2 rings (SSSR count). The molecule has 0 N–H and O–H groups in total. The first-order valence-electron chi connectivity index (χ1n) is 6.74. The average molecular weight is 263 g/mol. The summed E-state index contributed by atoms with van der Waals surface area (Å²) in [6, 6.07) is 8.08. The van der Waals surface area contributed by atoms with Crippen molar-refractivity contribution in [2.45, 2.75) is 25.9 Å². The Morgan fingerprint density at radius 2 is 2.26 bits per heavy atom. The highest BCUT2D eigenvalue weighted by Crippen LogP contribution is 2.18. The Labute approximate surface area is 114 Å². The van der Waals surface area contributed by atoms with E-state index in [2.05, 4.69) is 11.8 Å². The van der Waals surface area contributed by atoms with Gasteiger partial charge in [0.1, 0.15) is 0 Å². The SMILES string of the molecule is CCC1COCCN1Cc1ccccc1C(=O)OC. The number of esters is 1. The normalized spacial score (nSPS) is 20.2. The van der Waals surface area contributed by atoms with E-state index < -0.39 is 0 Å². The molecule has 1 heterocycles. The van der Waals surface area contributed by atoms with E-state index in [0.717, 1.165) is 38.3 Å². The van der Waals surface area contributed by atoms with Crippen LogP contribution in [0.25, 0.3) is 0 Å². The lowest BCUT2D eigenvalue weighted by Gasteiger charge is -2.35. The maximum atomic E-state index is 11.8. The molecule has 104 valence electrons. The summed E-state index contributed by atoms with van der Waals surface area (Å²) in [5.74, 6) is -0.267. The Bertz CT molecular complexity index is 433. The summed E-state index contributed by atoms with van der Waals surface area (Å²) in [4.78, 5) is 14.1. The van der Waals surface area contributed by atoms with Gasteiger partial charge in [-0.15, -0.1) is 0 Å². The Morgan fingerprint density at radius 1 is 1.47 bits per heavy atom. The molecular formula is C15H21NO3. The molecule has 1 saturated heterocycles. The number of nitrogens with zero attached hydrogens (tertiary/aromatic N) is 1. The van der Waals surface area contributed by atoms with Crippen LogP contribution in [0.2, 0.25) is 0 Å². The molecule has 1 aliphatic rings. The number of carbonyl (C=O) groups is 1. The molecule has 1 aromatic carbocycles. The number of ether oxygens (including phenoxy) is 2. The maximum absolute atomic E-state index is 11.8. The van der Waals surface area contributed by atoms with Gasteiger partial charge in [0.25, 0.3) is 0 Å². The number of hydrogen-bond acceptors (Lipinski definition) is 4. The summed E-state index contributed by atoms with van der Waals surface area (Å²) >= 11 is 0. The van der Waals surface area contributed by atoms with Gasteiger partial charge >= 0.3 is 5.97 Å². The molecule has 0 spiro atoms. The molecule has 1 aromatic rings. The van der Waals surface area contributed by atoms with E-state index in [1.54, 1.807) is 0 Å². The summed E-state index contributed by atoms with van der Waals surface area (Å²) in [5.41, 5.74) is 1.68. The first-order valence-corrected chi connectivity index (χ1v) is 6.74.